The number of anilines is 1. The Morgan fingerprint density at radius 1 is 1.21 bits per heavy atom. The number of carbonyl (C=O) groups excluding carboxylic acids is 1. The summed E-state index contributed by atoms with van der Waals surface area (Å²) in [5, 5.41) is 10.3. The number of rotatable bonds is 10. The molecule has 1 N–H and O–H groups in total. The molecule has 0 unspecified atom stereocenters. The molecule has 1 aliphatic rings. The van der Waals surface area contributed by atoms with Crippen LogP contribution in [0.5, 0.6) is 0 Å². The summed E-state index contributed by atoms with van der Waals surface area (Å²) in [4.78, 5) is 52.9. The zero-order chi connectivity index (χ0) is 26.8. The minimum Gasteiger partial charge on any atom is -0.477 e. The van der Waals surface area contributed by atoms with Crippen LogP contribution in [0.25, 0.3) is 27.6 Å². The van der Waals surface area contributed by atoms with E-state index in [4.69, 9.17) is 9.72 Å². The Bertz CT molecular complexity index is 1560. The first-order valence-electron chi connectivity index (χ1n) is 12.3. The van der Waals surface area contributed by atoms with E-state index in [-0.39, 0.29) is 22.7 Å². The molecule has 0 amide bonds. The lowest BCUT2D eigenvalue weighted by molar-refractivity contribution is -0.123. The summed E-state index contributed by atoms with van der Waals surface area (Å²) in [5.41, 5.74) is 0.660. The fraction of sp³-hybridized carbons (Fsp3) is 0.346. The van der Waals surface area contributed by atoms with Gasteiger partial charge in [-0.1, -0.05) is 0 Å². The average molecular weight is 535 g/mol. The smallest absolute Gasteiger partial charge is 0.341 e. The summed E-state index contributed by atoms with van der Waals surface area (Å²) < 4.78 is 11.2. The van der Waals surface area contributed by atoms with Crippen molar-refractivity contribution in [3.05, 3.63) is 58.1 Å². The molecule has 0 saturated carbocycles. The number of aryl methyl sites for hydroxylation is 1. The summed E-state index contributed by atoms with van der Waals surface area (Å²) in [6.45, 7) is 5.97. The van der Waals surface area contributed by atoms with Gasteiger partial charge >= 0.3 is 5.97 Å². The highest BCUT2D eigenvalue weighted by molar-refractivity contribution is 7.08. The fourth-order valence-electron chi connectivity index (χ4n) is 4.44. The van der Waals surface area contributed by atoms with Crippen molar-refractivity contribution in [1.29, 1.82) is 0 Å². The molecule has 11 nitrogen and oxygen atoms in total. The maximum Gasteiger partial charge on any atom is 0.341 e. The third-order valence-electron chi connectivity index (χ3n) is 6.51. The number of Topliss-reactive ketones (excluding diaryl/α,β-unsaturated/α-hetero) is 1. The van der Waals surface area contributed by atoms with E-state index in [1.165, 1.54) is 10.8 Å². The van der Waals surface area contributed by atoms with E-state index in [2.05, 4.69) is 14.3 Å². The van der Waals surface area contributed by atoms with E-state index in [0.717, 1.165) is 17.1 Å². The number of carbonyl (C=O) groups is 2. The first kappa shape index (κ1) is 25.6. The lowest BCUT2D eigenvalue weighted by Crippen LogP contribution is -2.51. The number of hydrogen-bond donors (Lipinski definition) is 1. The van der Waals surface area contributed by atoms with Gasteiger partial charge in [0.15, 0.2) is 11.5 Å². The summed E-state index contributed by atoms with van der Waals surface area (Å²) >= 11 is 1.07. The quantitative estimate of drug-likeness (QED) is 0.302. The number of aromatic nitrogens is 5. The minimum absolute atomic E-state index is 0.0721. The number of fused-ring (bicyclic) bond motifs is 1. The van der Waals surface area contributed by atoms with Crippen LogP contribution in [-0.4, -0.2) is 67.1 Å². The Morgan fingerprint density at radius 2 is 1.97 bits per heavy atom. The number of aromatic carboxylic acids is 1. The molecule has 5 heterocycles. The number of nitrogens with zero attached hydrogens (tertiary/aromatic N) is 6. The van der Waals surface area contributed by atoms with Crippen LogP contribution < -0.4 is 10.3 Å². The normalized spacial score (nSPS) is 13.6. The maximum atomic E-state index is 13.1. The summed E-state index contributed by atoms with van der Waals surface area (Å²) in [6.07, 6.45) is 5.71. The molecule has 38 heavy (non-hydrogen) atoms. The Morgan fingerprint density at radius 3 is 2.68 bits per heavy atom. The highest BCUT2D eigenvalue weighted by Crippen LogP contribution is 2.30. The van der Waals surface area contributed by atoms with Gasteiger partial charge in [-0.05, 0) is 44.0 Å². The van der Waals surface area contributed by atoms with Crippen LogP contribution in [0.1, 0.15) is 35.7 Å². The van der Waals surface area contributed by atoms with Crippen molar-refractivity contribution in [2.75, 3.05) is 31.2 Å². The molecule has 0 bridgehead atoms. The zero-order valence-corrected chi connectivity index (χ0v) is 21.8. The predicted octanol–water partition coefficient (Wildman–Crippen LogP) is 3.13. The van der Waals surface area contributed by atoms with E-state index in [0.29, 0.717) is 67.1 Å². The first-order chi connectivity index (χ1) is 18.4. The van der Waals surface area contributed by atoms with Gasteiger partial charge in [0.2, 0.25) is 10.6 Å². The Balaban J connectivity index is 1.49. The molecule has 0 aromatic carbocycles. The first-order valence-corrected chi connectivity index (χ1v) is 13.0. The highest BCUT2D eigenvalue weighted by atomic mass is 32.1. The second-order valence-electron chi connectivity index (χ2n) is 9.05. The van der Waals surface area contributed by atoms with Crippen LogP contribution in [0.3, 0.4) is 0 Å². The SMILES string of the molecule is CCOCCCC(=O)C1CN(c2cc(C)c3c(=O)c(C(=O)O)cn(-c4nc(-c5ccncc5)ns4)c3n2)C1. The largest absolute Gasteiger partial charge is 0.477 e. The fourth-order valence-corrected chi connectivity index (χ4v) is 5.10. The predicted molar refractivity (Wildman–Crippen MR) is 142 cm³/mol. The molecule has 0 atom stereocenters. The standard InChI is InChI=1S/C26H26N6O5S/c1-3-37-10-4-5-19(33)17-12-31(13-17)20-11-15(2)21-22(34)18(25(35)36)14-32(24(21)28-20)26-29-23(30-38-26)16-6-8-27-9-7-16/h6-9,11,14,17H,3-5,10,12-13H2,1-2H3,(H,35,36). The number of hydrogen-bond acceptors (Lipinski definition) is 10. The van der Waals surface area contributed by atoms with Crippen molar-refractivity contribution >= 4 is 40.1 Å². The van der Waals surface area contributed by atoms with Crippen molar-refractivity contribution < 1.29 is 19.4 Å². The van der Waals surface area contributed by atoms with Gasteiger partial charge in [-0.2, -0.15) is 9.36 Å². The van der Waals surface area contributed by atoms with Crippen LogP contribution in [0, 0.1) is 12.8 Å². The summed E-state index contributed by atoms with van der Waals surface area (Å²) in [5.74, 6) is -0.126. The van der Waals surface area contributed by atoms with Crippen LogP contribution >= 0.6 is 11.5 Å². The molecule has 1 aliphatic heterocycles. The number of ketones is 1. The van der Waals surface area contributed by atoms with Crippen molar-refractivity contribution in [2.45, 2.75) is 26.7 Å². The molecule has 196 valence electrons. The monoisotopic (exact) mass is 534 g/mol. The third-order valence-corrected chi connectivity index (χ3v) is 7.22. The summed E-state index contributed by atoms with van der Waals surface area (Å²) in [7, 11) is 0. The van der Waals surface area contributed by atoms with Crippen LogP contribution in [0.2, 0.25) is 0 Å². The molecule has 0 spiro atoms. The van der Waals surface area contributed by atoms with E-state index in [1.54, 1.807) is 37.5 Å². The lowest BCUT2D eigenvalue weighted by atomic mass is 9.92. The topological polar surface area (TPSA) is 140 Å². The van der Waals surface area contributed by atoms with Crippen LogP contribution in [-0.2, 0) is 9.53 Å². The average Bonchev–Trinajstić information content (AvgIpc) is 3.36. The molecule has 5 rings (SSSR count). The van der Waals surface area contributed by atoms with Gasteiger partial charge in [0, 0.05) is 68.4 Å². The van der Waals surface area contributed by atoms with Crippen molar-refractivity contribution in [2.24, 2.45) is 5.92 Å². The number of carboxylic acid groups (broad SMARTS) is 1. The Kier molecular flexibility index (Phi) is 7.25. The molecule has 4 aromatic heterocycles. The van der Waals surface area contributed by atoms with E-state index >= 15 is 0 Å². The Labute approximate surface area is 221 Å². The van der Waals surface area contributed by atoms with E-state index in [1.807, 2.05) is 11.8 Å². The van der Waals surface area contributed by atoms with E-state index < -0.39 is 11.4 Å². The highest BCUT2D eigenvalue weighted by Gasteiger charge is 2.33. The van der Waals surface area contributed by atoms with Crippen molar-refractivity contribution in [1.82, 2.24) is 23.9 Å². The third kappa shape index (κ3) is 4.92. The van der Waals surface area contributed by atoms with Gasteiger partial charge in [-0.25, -0.2) is 9.78 Å². The summed E-state index contributed by atoms with van der Waals surface area (Å²) in [6, 6.07) is 5.31. The van der Waals surface area contributed by atoms with Gasteiger partial charge in [0.25, 0.3) is 0 Å². The zero-order valence-electron chi connectivity index (χ0n) is 21.0. The van der Waals surface area contributed by atoms with E-state index in [9.17, 15) is 19.5 Å². The Hall–Kier alpha value is -4.03. The second-order valence-corrected chi connectivity index (χ2v) is 9.78. The maximum absolute atomic E-state index is 13.1. The number of pyridine rings is 3. The molecular weight excluding hydrogens is 508 g/mol. The van der Waals surface area contributed by atoms with Gasteiger partial charge < -0.3 is 14.7 Å². The molecule has 1 saturated heterocycles. The van der Waals surface area contributed by atoms with Crippen LogP contribution in [0.15, 0.2) is 41.6 Å². The molecular formula is C26H26N6O5S. The van der Waals surface area contributed by atoms with Crippen molar-refractivity contribution in [3.8, 4) is 16.5 Å². The van der Waals surface area contributed by atoms with Gasteiger partial charge in [-0.3, -0.25) is 19.1 Å². The number of ether oxygens (including phenoxy) is 1. The molecule has 12 heteroatoms. The van der Waals surface area contributed by atoms with Crippen LogP contribution in [0.4, 0.5) is 5.82 Å². The molecule has 0 aliphatic carbocycles. The van der Waals surface area contributed by atoms with Crippen molar-refractivity contribution in [3.63, 3.8) is 0 Å². The van der Waals surface area contributed by atoms with Gasteiger partial charge in [0.1, 0.15) is 17.2 Å². The van der Waals surface area contributed by atoms with Gasteiger partial charge in [0.05, 0.1) is 11.3 Å². The molecule has 1 fully saturated rings. The lowest BCUT2D eigenvalue weighted by Gasteiger charge is -2.39. The minimum atomic E-state index is -1.33. The molecule has 4 aromatic rings. The second kappa shape index (κ2) is 10.8. The molecule has 0 radical (unpaired) electrons. The number of carboxylic acids is 1. The van der Waals surface area contributed by atoms with Gasteiger partial charge in [-0.15, -0.1) is 0 Å².